The molecule has 0 aliphatic rings. The Morgan fingerprint density at radius 1 is 1.30 bits per heavy atom. The number of nitrogens with one attached hydrogen (secondary N) is 1. The maximum Gasteiger partial charge on any atom is 0.207 e. The molecular weight excluding hydrogens is 250 g/mol. The first-order valence-corrected chi connectivity index (χ1v) is 6.90. The van der Waals surface area contributed by atoms with E-state index < -0.39 is 0 Å². The smallest absolute Gasteiger partial charge is 0.207 e. The summed E-state index contributed by atoms with van der Waals surface area (Å²) in [4.78, 5) is 4.57. The lowest BCUT2D eigenvalue weighted by molar-refractivity contribution is 0.163. The van der Waals surface area contributed by atoms with E-state index in [-0.39, 0.29) is 6.04 Å². The summed E-state index contributed by atoms with van der Waals surface area (Å²) in [5, 5.41) is 3.42. The summed E-state index contributed by atoms with van der Waals surface area (Å²) in [6, 6.07) is 6.62. The fraction of sp³-hybridized carbons (Fsp3) is 0.438. The van der Waals surface area contributed by atoms with Crippen LogP contribution in [-0.2, 0) is 4.74 Å². The quantitative estimate of drug-likeness (QED) is 0.901. The summed E-state index contributed by atoms with van der Waals surface area (Å²) in [6.45, 7) is 8.99. The van der Waals surface area contributed by atoms with Gasteiger partial charge in [0.2, 0.25) is 5.95 Å². The van der Waals surface area contributed by atoms with Gasteiger partial charge < -0.3 is 14.6 Å². The normalized spacial score (nSPS) is 12.4. The van der Waals surface area contributed by atoms with Crippen LogP contribution >= 0.6 is 0 Å². The molecule has 0 amide bonds. The van der Waals surface area contributed by atoms with Crippen molar-refractivity contribution in [1.29, 1.82) is 0 Å². The fourth-order valence-corrected chi connectivity index (χ4v) is 2.34. The van der Waals surface area contributed by atoms with Crippen molar-refractivity contribution in [3.63, 3.8) is 0 Å². The summed E-state index contributed by atoms with van der Waals surface area (Å²) >= 11 is 0. The summed E-state index contributed by atoms with van der Waals surface area (Å²) in [6.07, 6.45) is 2.05. The summed E-state index contributed by atoms with van der Waals surface area (Å²) < 4.78 is 7.36. The van der Waals surface area contributed by atoms with Crippen LogP contribution in [0.5, 0.6) is 0 Å². The number of ether oxygens (including phenoxy) is 1. The van der Waals surface area contributed by atoms with Crippen LogP contribution in [0.15, 0.2) is 24.4 Å². The highest BCUT2D eigenvalue weighted by molar-refractivity contribution is 5.59. The first-order chi connectivity index (χ1) is 9.51. The van der Waals surface area contributed by atoms with Crippen molar-refractivity contribution >= 4 is 11.6 Å². The minimum absolute atomic E-state index is 0.245. The molecule has 108 valence electrons. The molecule has 1 atom stereocenters. The third-order valence-electron chi connectivity index (χ3n) is 3.36. The molecule has 0 fully saturated rings. The zero-order valence-corrected chi connectivity index (χ0v) is 12.9. The predicted octanol–water partition coefficient (Wildman–Crippen LogP) is 3.76. The fourth-order valence-electron chi connectivity index (χ4n) is 2.34. The molecule has 1 aromatic carbocycles. The standard InChI is InChI=1S/C16H23N3O/c1-11-6-7-15(12(2)8-11)18-16-17-13(3)9-19(16)14(4)10-20-5/h6-9,14H,10H2,1-5H3,(H,17,18). The van der Waals surface area contributed by atoms with Crippen molar-refractivity contribution in [2.24, 2.45) is 0 Å². The van der Waals surface area contributed by atoms with Gasteiger partial charge in [-0.3, -0.25) is 0 Å². The number of rotatable bonds is 5. The second-order valence-corrected chi connectivity index (χ2v) is 5.36. The maximum atomic E-state index is 5.24. The maximum absolute atomic E-state index is 5.24. The van der Waals surface area contributed by atoms with Crippen molar-refractivity contribution in [3.05, 3.63) is 41.2 Å². The van der Waals surface area contributed by atoms with E-state index in [9.17, 15) is 0 Å². The van der Waals surface area contributed by atoms with Crippen LogP contribution in [0.3, 0.4) is 0 Å². The third kappa shape index (κ3) is 3.20. The van der Waals surface area contributed by atoms with Gasteiger partial charge in [0.1, 0.15) is 0 Å². The van der Waals surface area contributed by atoms with Crippen molar-refractivity contribution < 1.29 is 4.74 Å². The van der Waals surface area contributed by atoms with E-state index in [4.69, 9.17) is 4.74 Å². The zero-order chi connectivity index (χ0) is 14.7. The Bertz CT molecular complexity index is 589. The number of aromatic nitrogens is 2. The Hall–Kier alpha value is -1.81. The van der Waals surface area contributed by atoms with E-state index in [0.717, 1.165) is 17.3 Å². The molecule has 4 nitrogen and oxygen atoms in total. The van der Waals surface area contributed by atoms with Gasteiger partial charge in [0.05, 0.1) is 18.3 Å². The molecular formula is C16H23N3O. The number of hydrogen-bond donors (Lipinski definition) is 1. The van der Waals surface area contributed by atoms with Gasteiger partial charge in [-0.05, 0) is 39.3 Å². The van der Waals surface area contributed by atoms with E-state index in [1.54, 1.807) is 7.11 Å². The molecule has 0 spiro atoms. The molecule has 0 aliphatic carbocycles. The number of anilines is 2. The van der Waals surface area contributed by atoms with Gasteiger partial charge in [-0.15, -0.1) is 0 Å². The predicted molar refractivity (Wildman–Crippen MR) is 82.7 cm³/mol. The highest BCUT2D eigenvalue weighted by atomic mass is 16.5. The number of methoxy groups -OCH3 is 1. The van der Waals surface area contributed by atoms with Gasteiger partial charge in [-0.2, -0.15) is 0 Å². The van der Waals surface area contributed by atoms with E-state index in [2.05, 4.69) is 60.0 Å². The van der Waals surface area contributed by atoms with E-state index in [0.29, 0.717) is 6.61 Å². The Labute approximate surface area is 120 Å². The van der Waals surface area contributed by atoms with Crippen molar-refractivity contribution in [3.8, 4) is 0 Å². The molecule has 0 saturated heterocycles. The summed E-state index contributed by atoms with van der Waals surface area (Å²) in [5.41, 5.74) is 4.57. The number of nitrogens with zero attached hydrogens (tertiary/aromatic N) is 2. The number of benzene rings is 1. The van der Waals surface area contributed by atoms with Gasteiger partial charge >= 0.3 is 0 Å². The lowest BCUT2D eigenvalue weighted by Crippen LogP contribution is -2.13. The van der Waals surface area contributed by atoms with Crippen LogP contribution in [0, 0.1) is 20.8 Å². The van der Waals surface area contributed by atoms with Gasteiger partial charge in [0.15, 0.2) is 0 Å². The second kappa shape index (κ2) is 6.09. The van der Waals surface area contributed by atoms with Crippen LogP contribution in [0.4, 0.5) is 11.6 Å². The first-order valence-electron chi connectivity index (χ1n) is 6.90. The van der Waals surface area contributed by atoms with E-state index in [1.807, 2.05) is 6.92 Å². The number of hydrogen-bond acceptors (Lipinski definition) is 3. The van der Waals surface area contributed by atoms with Crippen molar-refractivity contribution in [2.75, 3.05) is 19.0 Å². The Morgan fingerprint density at radius 3 is 2.70 bits per heavy atom. The molecule has 0 saturated carbocycles. The minimum Gasteiger partial charge on any atom is -0.383 e. The molecule has 0 radical (unpaired) electrons. The Morgan fingerprint density at radius 2 is 2.05 bits per heavy atom. The SMILES string of the molecule is COCC(C)n1cc(C)nc1Nc1ccc(C)cc1C. The van der Waals surface area contributed by atoms with E-state index in [1.165, 1.54) is 11.1 Å². The molecule has 2 aromatic rings. The molecule has 1 heterocycles. The summed E-state index contributed by atoms with van der Waals surface area (Å²) in [7, 11) is 1.72. The number of imidazole rings is 1. The Balaban J connectivity index is 2.29. The van der Waals surface area contributed by atoms with Crippen LogP contribution in [0.1, 0.15) is 29.8 Å². The van der Waals surface area contributed by atoms with Crippen LogP contribution < -0.4 is 5.32 Å². The highest BCUT2D eigenvalue weighted by Gasteiger charge is 2.12. The number of aryl methyl sites for hydroxylation is 3. The monoisotopic (exact) mass is 273 g/mol. The van der Waals surface area contributed by atoms with Gasteiger partial charge in [-0.25, -0.2) is 4.98 Å². The minimum atomic E-state index is 0.245. The molecule has 20 heavy (non-hydrogen) atoms. The lowest BCUT2D eigenvalue weighted by atomic mass is 10.1. The summed E-state index contributed by atoms with van der Waals surface area (Å²) in [5.74, 6) is 0.860. The molecule has 0 bridgehead atoms. The van der Waals surface area contributed by atoms with Gasteiger partial charge in [-0.1, -0.05) is 17.7 Å². The molecule has 1 aromatic heterocycles. The van der Waals surface area contributed by atoms with Crippen LogP contribution in [0.2, 0.25) is 0 Å². The van der Waals surface area contributed by atoms with E-state index >= 15 is 0 Å². The highest BCUT2D eigenvalue weighted by Crippen LogP contribution is 2.23. The molecule has 1 unspecified atom stereocenters. The molecule has 1 N–H and O–H groups in total. The van der Waals surface area contributed by atoms with Crippen molar-refractivity contribution in [2.45, 2.75) is 33.7 Å². The molecule has 2 rings (SSSR count). The van der Waals surface area contributed by atoms with Crippen LogP contribution in [-0.4, -0.2) is 23.3 Å². The van der Waals surface area contributed by atoms with Gasteiger partial charge in [0, 0.05) is 19.0 Å². The largest absolute Gasteiger partial charge is 0.383 e. The molecule has 4 heteroatoms. The van der Waals surface area contributed by atoms with Crippen molar-refractivity contribution in [1.82, 2.24) is 9.55 Å². The molecule has 0 aliphatic heterocycles. The Kier molecular flexibility index (Phi) is 4.45. The second-order valence-electron chi connectivity index (χ2n) is 5.36. The average molecular weight is 273 g/mol. The van der Waals surface area contributed by atoms with Gasteiger partial charge in [0.25, 0.3) is 0 Å². The average Bonchev–Trinajstić information content (AvgIpc) is 2.74. The third-order valence-corrected chi connectivity index (χ3v) is 3.36. The lowest BCUT2D eigenvalue weighted by Gasteiger charge is -2.17. The zero-order valence-electron chi connectivity index (χ0n) is 12.9. The topological polar surface area (TPSA) is 39.1 Å². The first kappa shape index (κ1) is 14.6. The van der Waals surface area contributed by atoms with Crippen LogP contribution in [0.25, 0.3) is 0 Å².